The molecule has 0 bridgehead atoms. The van der Waals surface area contributed by atoms with Gasteiger partial charge < -0.3 is 4.84 Å². The summed E-state index contributed by atoms with van der Waals surface area (Å²) in [6, 6.07) is 3.31. The number of oxime groups is 1. The average Bonchev–Trinajstić information content (AvgIpc) is 3.11. The number of hydrogen-bond acceptors (Lipinski definition) is 7. The summed E-state index contributed by atoms with van der Waals surface area (Å²) < 4.78 is 62.9. The summed E-state index contributed by atoms with van der Waals surface area (Å²) in [5.41, 5.74) is -0.139. The normalized spacial score (nSPS) is 12.3. The molecule has 14 heteroatoms. The molecule has 2 aromatic rings. The second-order valence-corrected chi connectivity index (χ2v) is 8.78. The van der Waals surface area contributed by atoms with Gasteiger partial charge in [-0.25, -0.2) is 13.1 Å². The minimum Gasteiger partial charge on any atom is -0.399 e. The summed E-state index contributed by atoms with van der Waals surface area (Å²) in [5, 5.41) is 7.32. The first-order valence-electron chi connectivity index (χ1n) is 8.75. The predicted molar refractivity (Wildman–Crippen MR) is 111 cm³/mol. The van der Waals surface area contributed by atoms with Crippen LogP contribution < -0.4 is 4.90 Å². The van der Waals surface area contributed by atoms with Crippen molar-refractivity contribution >= 4 is 38.7 Å². The maximum absolute atomic E-state index is 13.0. The van der Waals surface area contributed by atoms with Crippen LogP contribution in [0.1, 0.15) is 6.42 Å². The number of nitrogens with zero attached hydrogens (tertiary/aromatic N) is 5. The Morgan fingerprint density at radius 2 is 2.16 bits per heavy atom. The Kier molecular flexibility index (Phi) is 8.23. The van der Waals surface area contributed by atoms with E-state index in [0.29, 0.717) is 5.69 Å². The van der Waals surface area contributed by atoms with Crippen molar-refractivity contribution in [1.29, 1.82) is 0 Å². The molecule has 0 aliphatic carbocycles. The monoisotopic (exact) mass is 491 g/mol. The number of alkyl halides is 3. The van der Waals surface area contributed by atoms with Crippen LogP contribution in [0.25, 0.3) is 5.69 Å². The number of rotatable bonds is 9. The van der Waals surface area contributed by atoms with Crippen molar-refractivity contribution in [2.24, 2.45) is 5.16 Å². The molecule has 0 radical (unpaired) electrons. The Bertz CT molecular complexity index is 1130. The lowest BCUT2D eigenvalue weighted by molar-refractivity contribution is -0.129. The van der Waals surface area contributed by atoms with E-state index in [-0.39, 0.29) is 17.4 Å². The third-order valence-electron chi connectivity index (χ3n) is 3.85. The molecule has 32 heavy (non-hydrogen) atoms. The third kappa shape index (κ3) is 6.96. The molecule has 0 aliphatic rings. The highest BCUT2D eigenvalue weighted by Gasteiger charge is 2.33. The molecule has 0 unspecified atom stereocenters. The number of pyridine rings is 1. The van der Waals surface area contributed by atoms with E-state index in [2.05, 4.69) is 26.0 Å². The number of hydrogen-bond donors (Lipinski definition) is 0. The van der Waals surface area contributed by atoms with Crippen LogP contribution in [0.5, 0.6) is 0 Å². The van der Waals surface area contributed by atoms with Gasteiger partial charge in [0.1, 0.15) is 18.6 Å². The number of carbonyl (C=O) groups excluding carboxylic acids is 1. The summed E-state index contributed by atoms with van der Waals surface area (Å²) in [5.74, 6) is -1.10. The highest BCUT2D eigenvalue weighted by molar-refractivity contribution is 7.92. The average molecular weight is 492 g/mol. The second-order valence-electron chi connectivity index (χ2n) is 6.23. The van der Waals surface area contributed by atoms with Crippen LogP contribution in [0, 0.1) is 12.3 Å². The van der Waals surface area contributed by atoms with Crippen molar-refractivity contribution in [2.75, 3.05) is 30.1 Å². The number of halogens is 4. The first-order chi connectivity index (χ1) is 15.0. The molecule has 172 valence electrons. The summed E-state index contributed by atoms with van der Waals surface area (Å²) in [6.45, 7) is -0.359. The van der Waals surface area contributed by atoms with E-state index in [1.807, 2.05) is 0 Å². The molecule has 9 nitrogen and oxygen atoms in total. The molecule has 2 aromatic heterocycles. The molecule has 2 rings (SSSR count). The van der Waals surface area contributed by atoms with Gasteiger partial charge in [-0.1, -0.05) is 22.7 Å². The van der Waals surface area contributed by atoms with E-state index >= 15 is 0 Å². The Morgan fingerprint density at radius 3 is 2.72 bits per heavy atom. The summed E-state index contributed by atoms with van der Waals surface area (Å²) >= 11 is 6.15. The molecule has 1 amide bonds. The molecular formula is C18H17ClF3N5O4S. The maximum Gasteiger partial charge on any atom is 0.390 e. The zero-order chi connectivity index (χ0) is 23.9. The molecule has 0 atom stereocenters. The minimum atomic E-state index is -4.68. The first-order valence-corrected chi connectivity index (χ1v) is 11.0. The zero-order valence-corrected chi connectivity index (χ0v) is 18.2. The Morgan fingerprint density at radius 1 is 1.44 bits per heavy atom. The Balaban J connectivity index is 2.36. The minimum absolute atomic E-state index is 0.0231. The SMILES string of the molecule is C#CCN(C(=O)/C(CS(=O)(=O)CCC(F)(F)F)=N\OC)c1cn(-c2cccnc2)nc1Cl. The predicted octanol–water partition coefficient (Wildman–Crippen LogP) is 2.26. The highest BCUT2D eigenvalue weighted by Crippen LogP contribution is 2.26. The van der Waals surface area contributed by atoms with Crippen molar-refractivity contribution in [2.45, 2.75) is 12.6 Å². The summed E-state index contributed by atoms with van der Waals surface area (Å²) in [6.07, 6.45) is 3.46. The fourth-order valence-corrected chi connectivity index (χ4v) is 3.96. The topological polar surface area (TPSA) is 107 Å². The van der Waals surface area contributed by atoms with Crippen LogP contribution in [0.2, 0.25) is 5.15 Å². The fraction of sp³-hybridized carbons (Fsp3) is 0.333. The van der Waals surface area contributed by atoms with Gasteiger partial charge in [-0.3, -0.25) is 14.7 Å². The van der Waals surface area contributed by atoms with Gasteiger partial charge in [-0.05, 0) is 12.1 Å². The van der Waals surface area contributed by atoms with Crippen molar-refractivity contribution in [3.63, 3.8) is 0 Å². The number of anilines is 1. The lowest BCUT2D eigenvalue weighted by Gasteiger charge is -2.19. The number of sulfone groups is 1. The summed E-state index contributed by atoms with van der Waals surface area (Å²) in [4.78, 5) is 22.4. The Hall–Kier alpha value is -3.11. The van der Waals surface area contributed by atoms with Crippen molar-refractivity contribution < 1.29 is 31.2 Å². The molecule has 0 aromatic carbocycles. The van der Waals surface area contributed by atoms with E-state index < -0.39 is 45.6 Å². The molecule has 0 spiro atoms. The summed E-state index contributed by atoms with van der Waals surface area (Å²) in [7, 11) is -3.30. The lowest BCUT2D eigenvalue weighted by atomic mass is 10.3. The van der Waals surface area contributed by atoms with Gasteiger partial charge in [-0.15, -0.1) is 6.42 Å². The van der Waals surface area contributed by atoms with Crippen LogP contribution in [0.3, 0.4) is 0 Å². The van der Waals surface area contributed by atoms with Crippen molar-refractivity contribution in [3.05, 3.63) is 35.9 Å². The van der Waals surface area contributed by atoms with Gasteiger partial charge in [0.05, 0.1) is 36.8 Å². The molecule has 0 fully saturated rings. The van der Waals surface area contributed by atoms with Crippen molar-refractivity contribution in [1.82, 2.24) is 14.8 Å². The van der Waals surface area contributed by atoms with Crippen LogP contribution in [-0.2, 0) is 19.5 Å². The van der Waals surface area contributed by atoms with Crippen molar-refractivity contribution in [3.8, 4) is 18.0 Å². The van der Waals surface area contributed by atoms with Gasteiger partial charge in [0, 0.05) is 6.20 Å². The maximum atomic E-state index is 13.0. The lowest BCUT2D eigenvalue weighted by Crippen LogP contribution is -2.40. The number of terminal acetylenes is 1. The molecule has 0 aliphatic heterocycles. The van der Waals surface area contributed by atoms with Crippen LogP contribution in [0.15, 0.2) is 35.9 Å². The fourth-order valence-electron chi connectivity index (χ4n) is 2.45. The van der Waals surface area contributed by atoms with Gasteiger partial charge in [-0.2, -0.15) is 18.3 Å². The standard InChI is InChI=1S/C18H17ClF3N5O4S/c1-3-8-26(15-11-27(24-16(15)19)13-5-4-7-23-10-13)17(28)14(25-31-2)12-32(29,30)9-6-18(20,21)22/h1,4-5,7,10-11H,6,8-9,12H2,2H3/b25-14-. The van der Waals surface area contributed by atoms with Crippen LogP contribution >= 0.6 is 11.6 Å². The third-order valence-corrected chi connectivity index (χ3v) is 5.66. The molecule has 0 saturated carbocycles. The molecule has 2 heterocycles. The van der Waals surface area contributed by atoms with E-state index in [9.17, 15) is 26.4 Å². The van der Waals surface area contributed by atoms with Crippen LogP contribution in [0.4, 0.5) is 18.9 Å². The van der Waals surface area contributed by atoms with E-state index in [0.717, 1.165) is 12.0 Å². The van der Waals surface area contributed by atoms with Gasteiger partial charge in [0.2, 0.25) is 0 Å². The zero-order valence-electron chi connectivity index (χ0n) is 16.6. The van der Waals surface area contributed by atoms with E-state index in [4.69, 9.17) is 18.0 Å². The largest absolute Gasteiger partial charge is 0.399 e. The molecule has 0 N–H and O–H groups in total. The number of carbonyl (C=O) groups is 1. The second kappa shape index (κ2) is 10.5. The van der Waals surface area contributed by atoms with Gasteiger partial charge >= 0.3 is 6.18 Å². The quantitative estimate of drug-likeness (QED) is 0.302. The number of aromatic nitrogens is 3. The first kappa shape index (κ1) is 25.2. The number of amides is 1. The molecule has 0 saturated heterocycles. The Labute approximate surface area is 186 Å². The van der Waals surface area contributed by atoms with Gasteiger partial charge in [0.25, 0.3) is 5.91 Å². The van der Waals surface area contributed by atoms with Gasteiger partial charge in [0.15, 0.2) is 20.7 Å². The smallest absolute Gasteiger partial charge is 0.390 e. The molecular weight excluding hydrogens is 475 g/mol. The van der Waals surface area contributed by atoms with Crippen LogP contribution in [-0.4, -0.2) is 66.1 Å². The van der Waals surface area contributed by atoms with E-state index in [1.165, 1.54) is 23.3 Å². The van der Waals surface area contributed by atoms with E-state index in [1.54, 1.807) is 12.1 Å². The highest BCUT2D eigenvalue weighted by atomic mass is 35.5.